The Morgan fingerprint density at radius 2 is 2.05 bits per heavy atom. The molecule has 0 spiro atoms. The summed E-state index contributed by atoms with van der Waals surface area (Å²) in [6.07, 6.45) is 3.96. The Kier molecular flexibility index (Phi) is 3.83. The van der Waals surface area contributed by atoms with E-state index in [0.717, 1.165) is 30.4 Å². The molecular formula is C14H21N5. The van der Waals surface area contributed by atoms with E-state index in [2.05, 4.69) is 41.3 Å². The molecule has 0 amide bonds. The van der Waals surface area contributed by atoms with E-state index >= 15 is 0 Å². The minimum absolute atomic E-state index is 0.0283. The molecule has 2 heterocycles. The van der Waals surface area contributed by atoms with Crippen molar-refractivity contribution in [2.45, 2.75) is 39.0 Å². The van der Waals surface area contributed by atoms with Gasteiger partial charge in [0, 0.05) is 18.7 Å². The predicted molar refractivity (Wildman–Crippen MR) is 76.5 cm³/mol. The fourth-order valence-electron chi connectivity index (χ4n) is 2.32. The molecule has 0 saturated carbocycles. The quantitative estimate of drug-likeness (QED) is 0.896. The van der Waals surface area contributed by atoms with Crippen molar-refractivity contribution in [3.63, 3.8) is 0 Å². The first-order valence-corrected chi connectivity index (χ1v) is 6.62. The summed E-state index contributed by atoms with van der Waals surface area (Å²) in [5.74, 6) is 2.49. The largest absolute Gasteiger partial charge is 0.309 e. The molecule has 0 unspecified atom stereocenters. The molecule has 19 heavy (non-hydrogen) atoms. The van der Waals surface area contributed by atoms with Crippen molar-refractivity contribution < 1.29 is 0 Å². The first kappa shape index (κ1) is 13.5. The zero-order valence-corrected chi connectivity index (χ0v) is 12.0. The highest BCUT2D eigenvalue weighted by Crippen LogP contribution is 2.28. The van der Waals surface area contributed by atoms with E-state index < -0.39 is 0 Å². The third-order valence-electron chi connectivity index (χ3n) is 3.26. The lowest BCUT2D eigenvalue weighted by Crippen LogP contribution is -2.22. The Labute approximate surface area is 114 Å². The maximum atomic E-state index is 4.32. The van der Waals surface area contributed by atoms with Crippen LogP contribution < -0.4 is 5.32 Å². The van der Waals surface area contributed by atoms with E-state index in [-0.39, 0.29) is 5.41 Å². The average molecular weight is 259 g/mol. The van der Waals surface area contributed by atoms with Gasteiger partial charge in [-0.25, -0.2) is 4.98 Å². The van der Waals surface area contributed by atoms with Crippen molar-refractivity contribution in [2.24, 2.45) is 7.05 Å². The summed E-state index contributed by atoms with van der Waals surface area (Å²) in [7, 11) is 1.98. The summed E-state index contributed by atoms with van der Waals surface area (Å²) in [4.78, 5) is 4.23. The molecule has 0 aromatic carbocycles. The summed E-state index contributed by atoms with van der Waals surface area (Å²) < 4.78 is 2.00. The van der Waals surface area contributed by atoms with Gasteiger partial charge in [0.25, 0.3) is 0 Å². The highest BCUT2D eigenvalue weighted by molar-refractivity contribution is 5.47. The number of nitrogens with zero attached hydrogens (tertiary/aromatic N) is 4. The predicted octanol–water partition coefficient (Wildman–Crippen LogP) is 3.03. The number of rotatable bonds is 5. The zero-order chi connectivity index (χ0) is 13.9. The zero-order valence-electron chi connectivity index (χ0n) is 12.0. The summed E-state index contributed by atoms with van der Waals surface area (Å²) in [6, 6.07) is 5.73. The molecule has 0 bridgehead atoms. The van der Waals surface area contributed by atoms with E-state index in [1.54, 1.807) is 6.20 Å². The van der Waals surface area contributed by atoms with Crippen LogP contribution in [-0.2, 0) is 12.5 Å². The number of anilines is 2. The molecule has 1 N–H and O–H groups in total. The van der Waals surface area contributed by atoms with Crippen LogP contribution in [0.15, 0.2) is 24.4 Å². The Morgan fingerprint density at radius 1 is 1.26 bits per heavy atom. The van der Waals surface area contributed by atoms with Crippen LogP contribution in [-0.4, -0.2) is 19.7 Å². The van der Waals surface area contributed by atoms with E-state index in [4.69, 9.17) is 0 Å². The smallest absolute Gasteiger partial charge is 0.229 e. The van der Waals surface area contributed by atoms with Crippen LogP contribution in [0.1, 0.15) is 39.4 Å². The Hall–Kier alpha value is -1.91. The van der Waals surface area contributed by atoms with Crippen LogP contribution in [0.5, 0.6) is 0 Å². The van der Waals surface area contributed by atoms with Crippen LogP contribution in [0.25, 0.3) is 0 Å². The summed E-state index contributed by atoms with van der Waals surface area (Å²) in [5, 5.41) is 11.7. The van der Waals surface area contributed by atoms with Gasteiger partial charge in [0.2, 0.25) is 5.95 Å². The molecule has 0 atom stereocenters. The second-order valence-corrected chi connectivity index (χ2v) is 5.38. The van der Waals surface area contributed by atoms with Crippen molar-refractivity contribution in [2.75, 3.05) is 5.32 Å². The van der Waals surface area contributed by atoms with Gasteiger partial charge in [-0.3, -0.25) is 4.57 Å². The van der Waals surface area contributed by atoms with Crippen molar-refractivity contribution in [3.8, 4) is 0 Å². The highest BCUT2D eigenvalue weighted by atomic mass is 15.4. The molecule has 0 aliphatic rings. The first-order valence-electron chi connectivity index (χ1n) is 6.62. The molecular weight excluding hydrogens is 238 g/mol. The number of hydrogen-bond acceptors (Lipinski definition) is 4. The van der Waals surface area contributed by atoms with Gasteiger partial charge in [-0.05, 0) is 18.6 Å². The topological polar surface area (TPSA) is 55.6 Å². The Balaban J connectivity index is 2.24. The van der Waals surface area contributed by atoms with E-state index in [0.29, 0.717) is 0 Å². The lowest BCUT2D eigenvalue weighted by atomic mass is 9.87. The normalized spacial score (nSPS) is 11.6. The number of pyridine rings is 1. The van der Waals surface area contributed by atoms with Gasteiger partial charge in [-0.2, -0.15) is 0 Å². The Bertz CT molecular complexity index is 530. The molecule has 2 aromatic rings. The Morgan fingerprint density at radius 3 is 2.68 bits per heavy atom. The van der Waals surface area contributed by atoms with Crippen molar-refractivity contribution in [3.05, 3.63) is 30.2 Å². The van der Waals surface area contributed by atoms with E-state index in [1.807, 2.05) is 29.8 Å². The van der Waals surface area contributed by atoms with Crippen LogP contribution in [0.4, 0.5) is 11.8 Å². The fourth-order valence-corrected chi connectivity index (χ4v) is 2.32. The maximum Gasteiger partial charge on any atom is 0.229 e. The van der Waals surface area contributed by atoms with Gasteiger partial charge >= 0.3 is 0 Å². The molecule has 5 heteroatoms. The fraction of sp³-hybridized carbons (Fsp3) is 0.500. The van der Waals surface area contributed by atoms with E-state index in [9.17, 15) is 0 Å². The molecule has 0 aliphatic heterocycles. The van der Waals surface area contributed by atoms with Crippen LogP contribution in [0.2, 0.25) is 0 Å². The van der Waals surface area contributed by atoms with Crippen molar-refractivity contribution in [1.29, 1.82) is 0 Å². The first-order chi connectivity index (χ1) is 9.04. The molecule has 0 fully saturated rings. The third-order valence-corrected chi connectivity index (χ3v) is 3.26. The SMILES string of the molecule is CCCC(C)(C)c1nnc(Nc2ccccn2)n1C. The molecule has 0 radical (unpaired) electrons. The third kappa shape index (κ3) is 2.92. The molecule has 5 nitrogen and oxygen atoms in total. The maximum absolute atomic E-state index is 4.32. The van der Waals surface area contributed by atoms with Crippen LogP contribution in [0, 0.1) is 0 Å². The molecule has 0 saturated heterocycles. The molecule has 0 aliphatic carbocycles. The van der Waals surface area contributed by atoms with Gasteiger partial charge in [-0.15, -0.1) is 10.2 Å². The molecule has 102 valence electrons. The van der Waals surface area contributed by atoms with Gasteiger partial charge in [0.05, 0.1) is 0 Å². The summed E-state index contributed by atoms with van der Waals surface area (Å²) in [6.45, 7) is 6.58. The summed E-state index contributed by atoms with van der Waals surface area (Å²) in [5.41, 5.74) is 0.0283. The average Bonchev–Trinajstić information content (AvgIpc) is 2.73. The second-order valence-electron chi connectivity index (χ2n) is 5.38. The van der Waals surface area contributed by atoms with Crippen LogP contribution in [0.3, 0.4) is 0 Å². The monoisotopic (exact) mass is 259 g/mol. The second kappa shape index (κ2) is 5.38. The number of hydrogen-bond donors (Lipinski definition) is 1. The van der Waals surface area contributed by atoms with Gasteiger partial charge in [0.1, 0.15) is 11.6 Å². The van der Waals surface area contributed by atoms with Gasteiger partial charge in [0.15, 0.2) is 0 Å². The van der Waals surface area contributed by atoms with Crippen LogP contribution >= 0.6 is 0 Å². The minimum atomic E-state index is 0.0283. The standard InChI is InChI=1S/C14H21N5/c1-5-9-14(2,3)12-17-18-13(19(12)4)16-11-8-6-7-10-15-11/h6-8,10H,5,9H2,1-4H3,(H,15,16,18). The number of nitrogens with one attached hydrogen (secondary N) is 1. The van der Waals surface area contributed by atoms with Gasteiger partial charge < -0.3 is 5.32 Å². The minimum Gasteiger partial charge on any atom is -0.309 e. The van der Waals surface area contributed by atoms with Crippen molar-refractivity contribution in [1.82, 2.24) is 19.7 Å². The van der Waals surface area contributed by atoms with E-state index in [1.165, 1.54) is 0 Å². The number of aromatic nitrogens is 4. The van der Waals surface area contributed by atoms with Crippen molar-refractivity contribution >= 4 is 11.8 Å². The molecule has 2 rings (SSSR count). The highest BCUT2D eigenvalue weighted by Gasteiger charge is 2.26. The lowest BCUT2D eigenvalue weighted by Gasteiger charge is -2.22. The van der Waals surface area contributed by atoms with Gasteiger partial charge in [-0.1, -0.05) is 33.3 Å². The summed E-state index contributed by atoms with van der Waals surface area (Å²) >= 11 is 0. The molecule has 2 aromatic heterocycles. The lowest BCUT2D eigenvalue weighted by molar-refractivity contribution is 0.430.